The van der Waals surface area contributed by atoms with Gasteiger partial charge < -0.3 is 29.5 Å². The Morgan fingerprint density at radius 2 is 1.26 bits per heavy atom. The van der Waals surface area contributed by atoms with Gasteiger partial charge in [0.2, 0.25) is 0 Å². The number of hydrogen-bond donors (Lipinski definition) is 3. The van der Waals surface area contributed by atoms with Gasteiger partial charge in [-0.3, -0.25) is 0 Å². The predicted octanol–water partition coefficient (Wildman–Crippen LogP) is 4.54. The molecule has 0 spiro atoms. The van der Waals surface area contributed by atoms with Crippen molar-refractivity contribution in [3.05, 3.63) is 90.0 Å². The zero-order valence-corrected chi connectivity index (χ0v) is 19.4. The lowest BCUT2D eigenvalue weighted by atomic mass is 10.2. The zero-order chi connectivity index (χ0) is 25.3. The Morgan fingerprint density at radius 3 is 1.68 bits per heavy atom. The van der Waals surface area contributed by atoms with Gasteiger partial charge in [-0.2, -0.15) is 0 Å². The summed E-state index contributed by atoms with van der Waals surface area (Å²) in [7, 11) is 1.31. The van der Waals surface area contributed by atoms with Crippen molar-refractivity contribution >= 4 is 11.9 Å². The quantitative estimate of drug-likeness (QED) is 0.354. The molecule has 8 nitrogen and oxygen atoms in total. The molecule has 0 aliphatic heterocycles. The maximum absolute atomic E-state index is 11.2. The summed E-state index contributed by atoms with van der Waals surface area (Å²) in [5.41, 5.74) is 0.900. The summed E-state index contributed by atoms with van der Waals surface area (Å²) in [6, 6.07) is 21.1. The number of hydrogen-bond acceptors (Lipinski definition) is 8. The Bertz CT molecular complexity index is 968. The number of carbonyl (C=O) groups is 2. The largest absolute Gasteiger partial charge is 0.508 e. The molecular formula is C26H30O8. The highest BCUT2D eigenvalue weighted by Crippen LogP contribution is 2.11. The van der Waals surface area contributed by atoms with E-state index in [1.54, 1.807) is 19.1 Å². The summed E-state index contributed by atoms with van der Waals surface area (Å²) in [6.07, 6.45) is 0.0755. The molecule has 34 heavy (non-hydrogen) atoms. The van der Waals surface area contributed by atoms with E-state index in [2.05, 4.69) is 4.74 Å². The van der Waals surface area contributed by atoms with E-state index >= 15 is 0 Å². The normalized spacial score (nSPS) is 10.4. The number of aliphatic hydroxyl groups is 1. The molecule has 0 aromatic heterocycles. The first-order valence-corrected chi connectivity index (χ1v) is 10.5. The standard InChI is InChI=1S/C10H12O3.C8H8O3.C8H10O2/c1-2-7-13-10(12)8-3-5-9(11)6-4-8;1-11-8(10)6-2-4-7(9)5-3-6;1-7(9)10-8-5-3-2-4-6-8/h3-6,11H,2,7H2,1H3;2-5,9H,1H3;2-7,9H,1H3. The van der Waals surface area contributed by atoms with Crippen molar-refractivity contribution in [2.75, 3.05) is 13.7 Å². The number of rotatable bonds is 6. The fourth-order valence-electron chi connectivity index (χ4n) is 2.29. The topological polar surface area (TPSA) is 123 Å². The molecule has 3 N–H and O–H groups in total. The van der Waals surface area contributed by atoms with Crippen molar-refractivity contribution in [1.29, 1.82) is 0 Å². The third-order valence-corrected chi connectivity index (χ3v) is 3.88. The van der Waals surface area contributed by atoms with Crippen LogP contribution in [0.2, 0.25) is 0 Å². The lowest BCUT2D eigenvalue weighted by Gasteiger charge is -2.06. The first kappa shape index (κ1) is 28.0. The van der Waals surface area contributed by atoms with E-state index in [9.17, 15) is 9.59 Å². The number of phenolic OH excluding ortho intramolecular Hbond substituents is 2. The molecule has 0 radical (unpaired) electrons. The molecule has 3 aromatic carbocycles. The second-order valence-electron chi connectivity index (χ2n) is 6.75. The second-order valence-corrected chi connectivity index (χ2v) is 6.75. The summed E-state index contributed by atoms with van der Waals surface area (Å²) < 4.78 is 14.3. The number of methoxy groups -OCH3 is 1. The smallest absolute Gasteiger partial charge is 0.338 e. The number of aromatic hydroxyl groups is 2. The minimum atomic E-state index is -0.734. The highest BCUT2D eigenvalue weighted by Gasteiger charge is 2.05. The number of benzene rings is 3. The zero-order valence-electron chi connectivity index (χ0n) is 19.4. The van der Waals surface area contributed by atoms with Crippen molar-refractivity contribution in [3.63, 3.8) is 0 Å². The van der Waals surface area contributed by atoms with Crippen molar-refractivity contribution in [2.24, 2.45) is 0 Å². The van der Waals surface area contributed by atoms with Crippen LogP contribution in [-0.2, 0) is 9.47 Å². The average molecular weight is 471 g/mol. The molecule has 3 rings (SSSR count). The van der Waals surface area contributed by atoms with Gasteiger partial charge in [-0.1, -0.05) is 25.1 Å². The Kier molecular flexibility index (Phi) is 12.9. The molecular weight excluding hydrogens is 440 g/mol. The van der Waals surface area contributed by atoms with E-state index in [1.807, 2.05) is 25.1 Å². The second kappa shape index (κ2) is 15.7. The van der Waals surface area contributed by atoms with E-state index < -0.39 is 12.3 Å². The minimum absolute atomic E-state index is 0.137. The highest BCUT2D eigenvalue weighted by atomic mass is 16.6. The van der Waals surface area contributed by atoms with E-state index in [4.69, 9.17) is 24.8 Å². The maximum atomic E-state index is 11.2. The maximum Gasteiger partial charge on any atom is 0.338 e. The SMILES string of the molecule is CC(O)Oc1ccccc1.CCCOC(=O)c1ccc(O)cc1.COC(=O)c1ccc(O)cc1. The molecule has 0 bridgehead atoms. The molecule has 0 heterocycles. The van der Waals surface area contributed by atoms with Crippen molar-refractivity contribution < 1.29 is 39.1 Å². The number of phenols is 2. The first-order valence-electron chi connectivity index (χ1n) is 10.5. The molecule has 1 atom stereocenters. The van der Waals surface area contributed by atoms with E-state index in [0.717, 1.165) is 6.42 Å². The van der Waals surface area contributed by atoms with Gasteiger partial charge in [0.05, 0.1) is 24.8 Å². The lowest BCUT2D eigenvalue weighted by Crippen LogP contribution is -2.08. The van der Waals surface area contributed by atoms with Crippen LogP contribution in [0.25, 0.3) is 0 Å². The summed E-state index contributed by atoms with van der Waals surface area (Å²) in [4.78, 5) is 22.0. The lowest BCUT2D eigenvalue weighted by molar-refractivity contribution is -0.000309. The van der Waals surface area contributed by atoms with Crippen LogP contribution >= 0.6 is 0 Å². The van der Waals surface area contributed by atoms with Crippen LogP contribution in [0.1, 0.15) is 41.0 Å². The fourth-order valence-corrected chi connectivity index (χ4v) is 2.29. The van der Waals surface area contributed by atoms with Crippen molar-refractivity contribution in [3.8, 4) is 17.2 Å². The molecule has 3 aromatic rings. The summed E-state index contributed by atoms with van der Waals surface area (Å²) in [6.45, 7) is 3.94. The molecule has 182 valence electrons. The molecule has 0 saturated carbocycles. The van der Waals surface area contributed by atoms with E-state index in [1.165, 1.54) is 55.6 Å². The number of ether oxygens (including phenoxy) is 3. The van der Waals surface area contributed by atoms with Gasteiger partial charge >= 0.3 is 11.9 Å². The highest BCUT2D eigenvalue weighted by molar-refractivity contribution is 5.89. The predicted molar refractivity (Wildman–Crippen MR) is 127 cm³/mol. The summed E-state index contributed by atoms with van der Waals surface area (Å²) in [5, 5.41) is 26.6. The molecule has 0 aliphatic carbocycles. The third-order valence-electron chi connectivity index (χ3n) is 3.88. The number of carbonyl (C=O) groups excluding carboxylic acids is 2. The summed E-state index contributed by atoms with van der Waals surface area (Å²) >= 11 is 0. The van der Waals surface area contributed by atoms with Gasteiger partial charge in [0.25, 0.3) is 0 Å². The first-order chi connectivity index (χ1) is 16.3. The van der Waals surface area contributed by atoms with Gasteiger partial charge in [0, 0.05) is 0 Å². The van der Waals surface area contributed by atoms with Crippen LogP contribution in [0.4, 0.5) is 0 Å². The molecule has 0 aliphatic rings. The van der Waals surface area contributed by atoms with Crippen molar-refractivity contribution in [1.82, 2.24) is 0 Å². The Morgan fingerprint density at radius 1 is 0.794 bits per heavy atom. The monoisotopic (exact) mass is 470 g/mol. The minimum Gasteiger partial charge on any atom is -0.508 e. The number of esters is 2. The van der Waals surface area contributed by atoms with Crippen LogP contribution in [0.3, 0.4) is 0 Å². The van der Waals surface area contributed by atoms with Crippen molar-refractivity contribution in [2.45, 2.75) is 26.6 Å². The Labute approximate surface area is 199 Å². The van der Waals surface area contributed by atoms with Crippen LogP contribution in [0, 0.1) is 0 Å². The molecule has 1 unspecified atom stereocenters. The molecule has 0 saturated heterocycles. The van der Waals surface area contributed by atoms with E-state index in [0.29, 0.717) is 23.5 Å². The van der Waals surface area contributed by atoms with Crippen LogP contribution in [0.15, 0.2) is 78.9 Å². The fraction of sp³-hybridized carbons (Fsp3) is 0.231. The molecule has 0 amide bonds. The Balaban J connectivity index is 0.000000257. The van der Waals surface area contributed by atoms with Gasteiger partial charge in [-0.25, -0.2) is 9.59 Å². The summed E-state index contributed by atoms with van der Waals surface area (Å²) in [5.74, 6) is 0.231. The average Bonchev–Trinajstić information content (AvgIpc) is 2.84. The number of aliphatic hydroxyl groups excluding tert-OH is 1. The third kappa shape index (κ3) is 11.5. The number of para-hydroxylation sites is 1. The van der Waals surface area contributed by atoms with Crippen LogP contribution in [0.5, 0.6) is 17.2 Å². The van der Waals surface area contributed by atoms with Crippen LogP contribution in [-0.4, -0.2) is 47.3 Å². The molecule has 0 fully saturated rings. The van der Waals surface area contributed by atoms with Gasteiger partial charge in [-0.15, -0.1) is 0 Å². The Hall–Kier alpha value is -4.04. The van der Waals surface area contributed by atoms with Crippen LogP contribution < -0.4 is 4.74 Å². The van der Waals surface area contributed by atoms with Gasteiger partial charge in [-0.05, 0) is 74.0 Å². The molecule has 8 heteroatoms. The van der Waals surface area contributed by atoms with E-state index in [-0.39, 0.29) is 17.5 Å². The van der Waals surface area contributed by atoms with Gasteiger partial charge in [0.1, 0.15) is 17.2 Å². The van der Waals surface area contributed by atoms with Gasteiger partial charge in [0.15, 0.2) is 6.29 Å².